The van der Waals surface area contributed by atoms with E-state index in [0.29, 0.717) is 6.01 Å². The van der Waals surface area contributed by atoms with Crippen LogP contribution in [0.2, 0.25) is 0 Å². The first kappa shape index (κ1) is 12.3. The maximum absolute atomic E-state index is 5.09. The van der Waals surface area contributed by atoms with Gasteiger partial charge in [0.05, 0.1) is 24.2 Å². The van der Waals surface area contributed by atoms with Gasteiger partial charge in [-0.2, -0.15) is 10.1 Å². The van der Waals surface area contributed by atoms with Crippen molar-refractivity contribution in [1.82, 2.24) is 20.2 Å². The maximum atomic E-state index is 5.09. The Hall–Kier alpha value is -2.69. The number of hydrogen-bond donors (Lipinski definition) is 1. The molecule has 5 heteroatoms. The average Bonchev–Trinajstić information content (AvgIpc) is 2.90. The quantitative estimate of drug-likeness (QED) is 0.791. The Bertz CT molecular complexity index is 722. The number of aryl methyl sites for hydroxylation is 1. The molecule has 2 heterocycles. The van der Waals surface area contributed by atoms with E-state index in [1.54, 1.807) is 13.3 Å². The van der Waals surface area contributed by atoms with Crippen LogP contribution >= 0.6 is 0 Å². The molecule has 20 heavy (non-hydrogen) atoms. The standard InChI is InChI=1S/C15H14N4O/c1-10-13(12-8-9-16-15(17-12)20-2)14(19-18-10)11-6-4-3-5-7-11/h3-9H,1-2H3,(H,18,19). The first-order valence-corrected chi connectivity index (χ1v) is 6.27. The number of benzene rings is 1. The van der Waals surface area contributed by atoms with Gasteiger partial charge in [0, 0.05) is 17.3 Å². The molecule has 1 N–H and O–H groups in total. The fraction of sp³-hybridized carbons (Fsp3) is 0.133. The van der Waals surface area contributed by atoms with Gasteiger partial charge in [-0.05, 0) is 13.0 Å². The Kier molecular flexibility index (Phi) is 3.16. The number of methoxy groups -OCH3 is 1. The minimum absolute atomic E-state index is 0.349. The van der Waals surface area contributed by atoms with Crippen molar-refractivity contribution < 1.29 is 4.74 Å². The highest BCUT2D eigenvalue weighted by atomic mass is 16.5. The van der Waals surface area contributed by atoms with Crippen molar-refractivity contribution in [1.29, 1.82) is 0 Å². The van der Waals surface area contributed by atoms with Crippen molar-refractivity contribution in [2.24, 2.45) is 0 Å². The normalized spacial score (nSPS) is 10.5. The van der Waals surface area contributed by atoms with Gasteiger partial charge in [0.15, 0.2) is 0 Å². The van der Waals surface area contributed by atoms with Crippen LogP contribution in [0.1, 0.15) is 5.69 Å². The Balaban J connectivity index is 2.16. The minimum atomic E-state index is 0.349. The van der Waals surface area contributed by atoms with Crippen molar-refractivity contribution in [3.8, 4) is 28.5 Å². The van der Waals surface area contributed by atoms with Crippen molar-refractivity contribution in [3.63, 3.8) is 0 Å². The summed E-state index contributed by atoms with van der Waals surface area (Å²) in [6.07, 6.45) is 1.68. The molecule has 0 aliphatic carbocycles. The molecule has 0 spiro atoms. The molecule has 0 aliphatic heterocycles. The molecule has 0 bridgehead atoms. The number of aromatic amines is 1. The summed E-state index contributed by atoms with van der Waals surface area (Å²) >= 11 is 0. The van der Waals surface area contributed by atoms with Gasteiger partial charge >= 0.3 is 6.01 Å². The molecule has 0 radical (unpaired) electrons. The first-order chi connectivity index (χ1) is 9.79. The summed E-state index contributed by atoms with van der Waals surface area (Å²) in [6.45, 7) is 1.95. The molecule has 0 unspecified atom stereocenters. The molecule has 0 fully saturated rings. The maximum Gasteiger partial charge on any atom is 0.316 e. The topological polar surface area (TPSA) is 63.7 Å². The zero-order valence-electron chi connectivity index (χ0n) is 11.3. The van der Waals surface area contributed by atoms with Crippen LogP contribution in [0.5, 0.6) is 6.01 Å². The van der Waals surface area contributed by atoms with E-state index in [2.05, 4.69) is 20.2 Å². The zero-order chi connectivity index (χ0) is 13.9. The molecule has 0 saturated heterocycles. The number of rotatable bonds is 3. The van der Waals surface area contributed by atoms with Crippen LogP contribution in [-0.4, -0.2) is 27.3 Å². The lowest BCUT2D eigenvalue weighted by Gasteiger charge is -2.05. The molecule has 1 aromatic carbocycles. The molecular formula is C15H14N4O. The van der Waals surface area contributed by atoms with Crippen LogP contribution in [0.25, 0.3) is 22.5 Å². The van der Waals surface area contributed by atoms with Crippen molar-refractivity contribution >= 4 is 0 Å². The molecule has 0 aliphatic rings. The van der Waals surface area contributed by atoms with Crippen LogP contribution in [0.15, 0.2) is 42.6 Å². The average molecular weight is 266 g/mol. The van der Waals surface area contributed by atoms with Gasteiger partial charge in [-0.3, -0.25) is 5.10 Å². The van der Waals surface area contributed by atoms with Gasteiger partial charge in [-0.1, -0.05) is 30.3 Å². The lowest BCUT2D eigenvalue weighted by atomic mass is 10.0. The van der Waals surface area contributed by atoms with E-state index in [9.17, 15) is 0 Å². The van der Waals surface area contributed by atoms with Crippen LogP contribution < -0.4 is 4.74 Å². The molecule has 5 nitrogen and oxygen atoms in total. The highest BCUT2D eigenvalue weighted by molar-refractivity contribution is 5.80. The second-order valence-electron chi connectivity index (χ2n) is 4.35. The molecule has 100 valence electrons. The van der Waals surface area contributed by atoms with E-state index < -0.39 is 0 Å². The summed E-state index contributed by atoms with van der Waals surface area (Å²) in [7, 11) is 1.56. The fourth-order valence-corrected chi connectivity index (χ4v) is 2.14. The van der Waals surface area contributed by atoms with Crippen molar-refractivity contribution in [2.75, 3.05) is 7.11 Å². The highest BCUT2D eigenvalue weighted by Gasteiger charge is 2.15. The summed E-state index contributed by atoms with van der Waals surface area (Å²) in [5.74, 6) is 0. The molecule has 2 aromatic heterocycles. The van der Waals surface area contributed by atoms with Crippen LogP contribution in [0.3, 0.4) is 0 Å². The molecule has 3 rings (SSSR count). The Labute approximate surface area is 116 Å². The Morgan fingerprint density at radius 3 is 2.65 bits per heavy atom. The third-order valence-electron chi connectivity index (χ3n) is 3.08. The van der Waals surface area contributed by atoms with Crippen molar-refractivity contribution in [2.45, 2.75) is 6.92 Å². The Morgan fingerprint density at radius 2 is 1.90 bits per heavy atom. The van der Waals surface area contributed by atoms with E-state index in [1.165, 1.54) is 0 Å². The number of nitrogens with one attached hydrogen (secondary N) is 1. The van der Waals surface area contributed by atoms with Crippen LogP contribution in [0, 0.1) is 6.92 Å². The van der Waals surface area contributed by atoms with Crippen LogP contribution in [-0.2, 0) is 0 Å². The molecule has 0 atom stereocenters. The van der Waals surface area contributed by atoms with Crippen LogP contribution in [0.4, 0.5) is 0 Å². The highest BCUT2D eigenvalue weighted by Crippen LogP contribution is 2.31. The van der Waals surface area contributed by atoms with E-state index in [-0.39, 0.29) is 0 Å². The summed E-state index contributed by atoms with van der Waals surface area (Å²) in [4.78, 5) is 8.42. The largest absolute Gasteiger partial charge is 0.467 e. The Morgan fingerprint density at radius 1 is 1.10 bits per heavy atom. The summed E-state index contributed by atoms with van der Waals surface area (Å²) in [5, 5.41) is 7.37. The minimum Gasteiger partial charge on any atom is -0.467 e. The van der Waals surface area contributed by atoms with Gasteiger partial charge in [0.1, 0.15) is 0 Å². The van der Waals surface area contributed by atoms with E-state index >= 15 is 0 Å². The lowest BCUT2D eigenvalue weighted by Crippen LogP contribution is -1.94. The predicted octanol–water partition coefficient (Wildman–Crippen LogP) is 2.85. The lowest BCUT2D eigenvalue weighted by molar-refractivity contribution is 0.380. The molecule has 0 amide bonds. The zero-order valence-corrected chi connectivity index (χ0v) is 11.3. The number of ether oxygens (including phenoxy) is 1. The second-order valence-corrected chi connectivity index (χ2v) is 4.35. The number of H-pyrrole nitrogens is 1. The van der Waals surface area contributed by atoms with Crippen molar-refractivity contribution in [3.05, 3.63) is 48.3 Å². The summed E-state index contributed by atoms with van der Waals surface area (Å²) in [5.41, 5.74) is 4.67. The van der Waals surface area contributed by atoms with Gasteiger partial charge in [-0.25, -0.2) is 4.98 Å². The second kappa shape index (κ2) is 5.13. The van der Waals surface area contributed by atoms with Gasteiger partial charge < -0.3 is 4.74 Å². The molecule has 0 saturated carbocycles. The predicted molar refractivity (Wildman–Crippen MR) is 76.3 cm³/mol. The smallest absolute Gasteiger partial charge is 0.316 e. The summed E-state index contributed by atoms with van der Waals surface area (Å²) in [6, 6.07) is 12.3. The van der Waals surface area contributed by atoms with E-state index in [1.807, 2.05) is 43.3 Å². The van der Waals surface area contributed by atoms with Gasteiger partial charge in [0.25, 0.3) is 0 Å². The SMILES string of the molecule is COc1nccc(-c2c(C)n[nH]c2-c2ccccc2)n1. The van der Waals surface area contributed by atoms with Gasteiger partial charge in [0.2, 0.25) is 0 Å². The molecule has 3 aromatic rings. The fourth-order valence-electron chi connectivity index (χ4n) is 2.14. The third-order valence-corrected chi connectivity index (χ3v) is 3.08. The van der Waals surface area contributed by atoms with E-state index in [0.717, 1.165) is 28.2 Å². The number of hydrogen-bond acceptors (Lipinski definition) is 4. The summed E-state index contributed by atoms with van der Waals surface area (Å²) < 4.78 is 5.09. The molecular weight excluding hydrogens is 252 g/mol. The van der Waals surface area contributed by atoms with E-state index in [4.69, 9.17) is 4.74 Å². The van der Waals surface area contributed by atoms with Gasteiger partial charge in [-0.15, -0.1) is 0 Å². The monoisotopic (exact) mass is 266 g/mol. The number of nitrogens with zero attached hydrogens (tertiary/aromatic N) is 3. The third kappa shape index (κ3) is 2.14. The number of aromatic nitrogens is 4. The first-order valence-electron chi connectivity index (χ1n) is 6.27.